The van der Waals surface area contributed by atoms with E-state index in [2.05, 4.69) is 5.32 Å². The Kier molecular flexibility index (Phi) is 7.30. The summed E-state index contributed by atoms with van der Waals surface area (Å²) in [5.74, 6) is -2.68. The maximum Gasteiger partial charge on any atom is 0.552 e. The van der Waals surface area contributed by atoms with Crippen molar-refractivity contribution in [1.82, 2.24) is 5.32 Å². The molecule has 7 nitrogen and oxygen atoms in total. The van der Waals surface area contributed by atoms with Gasteiger partial charge >= 0.3 is 13.1 Å². The third kappa shape index (κ3) is 5.61. The van der Waals surface area contributed by atoms with E-state index in [0.717, 1.165) is 12.1 Å². The van der Waals surface area contributed by atoms with Crippen molar-refractivity contribution in [1.29, 1.82) is 0 Å². The molecule has 0 radical (unpaired) electrons. The second-order valence-corrected chi connectivity index (χ2v) is 8.45. The van der Waals surface area contributed by atoms with E-state index >= 15 is 0 Å². The Bertz CT molecular complexity index is 853. The summed E-state index contributed by atoms with van der Waals surface area (Å²) >= 11 is 0. The molecule has 1 aromatic rings. The van der Waals surface area contributed by atoms with E-state index in [9.17, 15) is 23.2 Å². The average molecular weight is 436 g/mol. The maximum atomic E-state index is 14.0. The van der Waals surface area contributed by atoms with Gasteiger partial charge < -0.3 is 19.5 Å². The summed E-state index contributed by atoms with van der Waals surface area (Å²) in [6, 6.07) is 2.73. The van der Waals surface area contributed by atoms with Crippen molar-refractivity contribution in [3.63, 3.8) is 0 Å². The van der Waals surface area contributed by atoms with Crippen LogP contribution in [0.2, 0.25) is 0 Å². The van der Waals surface area contributed by atoms with Crippen LogP contribution in [-0.2, 0) is 23.7 Å². The molecule has 3 atom stereocenters. The molecule has 2 heterocycles. The highest BCUT2D eigenvalue weighted by atomic mass is 19.1. The van der Waals surface area contributed by atoms with Gasteiger partial charge in [-0.15, -0.1) is 0 Å². The minimum absolute atomic E-state index is 0.00801. The molecule has 0 bridgehead atoms. The summed E-state index contributed by atoms with van der Waals surface area (Å²) < 4.78 is 37.8. The first-order valence-corrected chi connectivity index (χ1v) is 10.6. The largest absolute Gasteiger partial charge is 0.552 e. The molecule has 1 N–H and O–H groups in total. The first kappa shape index (κ1) is 23.2. The number of carbonyl (C=O) groups excluding carboxylic acids is 3. The Labute approximate surface area is 180 Å². The van der Waals surface area contributed by atoms with Crippen LogP contribution in [0.4, 0.5) is 14.5 Å². The van der Waals surface area contributed by atoms with Crippen LogP contribution in [0.5, 0.6) is 0 Å². The zero-order valence-corrected chi connectivity index (χ0v) is 17.9. The zero-order chi connectivity index (χ0) is 22.7. The maximum absolute atomic E-state index is 14.0. The van der Waals surface area contributed by atoms with Crippen LogP contribution in [-0.4, -0.2) is 49.4 Å². The van der Waals surface area contributed by atoms with Crippen LogP contribution in [0.25, 0.3) is 0 Å². The lowest BCUT2D eigenvalue weighted by molar-refractivity contribution is -0.135. The van der Waals surface area contributed by atoms with Gasteiger partial charge in [0.1, 0.15) is 17.7 Å². The Morgan fingerprint density at radius 3 is 2.58 bits per heavy atom. The van der Waals surface area contributed by atoms with Crippen LogP contribution in [0.3, 0.4) is 0 Å². The molecular formula is C21H27BF2N2O5. The summed E-state index contributed by atoms with van der Waals surface area (Å²) in [6.45, 7) is 6.03. The summed E-state index contributed by atoms with van der Waals surface area (Å²) in [6.07, 6.45) is 0.363. The number of ketones is 1. The number of hydrogen-bond donors (Lipinski definition) is 1. The number of benzene rings is 1. The molecule has 0 unspecified atom stereocenters. The average Bonchev–Trinajstić information content (AvgIpc) is 2.99. The minimum Gasteiger partial charge on any atom is -0.506 e. The van der Waals surface area contributed by atoms with Gasteiger partial charge in [0.2, 0.25) is 5.91 Å². The molecule has 2 aliphatic heterocycles. The van der Waals surface area contributed by atoms with Gasteiger partial charge in [0.05, 0.1) is 17.7 Å². The molecule has 1 amide bonds. The number of nitrogens with one attached hydrogen (secondary N) is 1. The molecule has 1 aromatic carbocycles. The predicted molar refractivity (Wildman–Crippen MR) is 110 cm³/mol. The lowest BCUT2D eigenvalue weighted by Crippen LogP contribution is -2.53. The van der Waals surface area contributed by atoms with Gasteiger partial charge in [0.25, 0.3) is 0 Å². The van der Waals surface area contributed by atoms with Gasteiger partial charge in [-0.2, -0.15) is 0 Å². The van der Waals surface area contributed by atoms with Gasteiger partial charge in [-0.05, 0) is 37.8 Å². The molecule has 168 valence electrons. The standard InChI is InChI=1S/C21H27BF2N2O5/c1-12(2)10-19(22-30-13(3)21(29)31-22)25-20(28)7-6-18(27)17-8-9-26(17)16-5-4-14(23)11-15(16)24/h4-5,11-13,17,19H,6-10H2,1-3H3,(H,25,28)/t13-,17-,19-/m0/s1. The number of halogens is 2. The van der Waals surface area contributed by atoms with Crippen molar-refractivity contribution in [2.75, 3.05) is 11.4 Å². The van der Waals surface area contributed by atoms with E-state index in [1.54, 1.807) is 11.8 Å². The predicted octanol–water partition coefficient (Wildman–Crippen LogP) is 2.41. The molecule has 0 aromatic heterocycles. The molecule has 0 saturated carbocycles. The van der Waals surface area contributed by atoms with E-state index in [1.807, 2.05) is 13.8 Å². The molecule has 31 heavy (non-hydrogen) atoms. The van der Waals surface area contributed by atoms with Crippen molar-refractivity contribution in [2.24, 2.45) is 5.92 Å². The monoisotopic (exact) mass is 436 g/mol. The number of Topliss-reactive ketones (excluding diaryl/α,β-unsaturated/α-hetero) is 1. The Morgan fingerprint density at radius 2 is 2.03 bits per heavy atom. The van der Waals surface area contributed by atoms with Gasteiger partial charge in [0.15, 0.2) is 5.78 Å². The lowest BCUT2D eigenvalue weighted by Gasteiger charge is -2.42. The number of rotatable bonds is 9. The molecule has 2 saturated heterocycles. The summed E-state index contributed by atoms with van der Waals surface area (Å²) in [5, 5.41) is 2.81. The second kappa shape index (κ2) is 9.76. The summed E-state index contributed by atoms with van der Waals surface area (Å²) in [4.78, 5) is 38.3. The van der Waals surface area contributed by atoms with Crippen LogP contribution in [0.1, 0.15) is 46.5 Å². The van der Waals surface area contributed by atoms with Crippen LogP contribution < -0.4 is 10.2 Å². The van der Waals surface area contributed by atoms with Gasteiger partial charge in [0, 0.05) is 25.5 Å². The van der Waals surface area contributed by atoms with Gasteiger partial charge in [-0.1, -0.05) is 13.8 Å². The van der Waals surface area contributed by atoms with Crippen molar-refractivity contribution in [3.05, 3.63) is 29.8 Å². The number of nitrogens with zero attached hydrogens (tertiary/aromatic N) is 1. The smallest absolute Gasteiger partial charge is 0.506 e. The Morgan fingerprint density at radius 1 is 1.29 bits per heavy atom. The first-order valence-electron chi connectivity index (χ1n) is 10.6. The fourth-order valence-corrected chi connectivity index (χ4v) is 3.82. The highest BCUT2D eigenvalue weighted by molar-refractivity contribution is 6.51. The third-order valence-corrected chi connectivity index (χ3v) is 5.51. The molecule has 2 fully saturated rings. The van der Waals surface area contributed by atoms with Crippen molar-refractivity contribution >= 4 is 30.5 Å². The number of amides is 1. The van der Waals surface area contributed by atoms with E-state index in [0.29, 0.717) is 19.4 Å². The van der Waals surface area contributed by atoms with E-state index in [1.165, 1.54) is 6.07 Å². The van der Waals surface area contributed by atoms with Crippen molar-refractivity contribution in [3.8, 4) is 0 Å². The first-order chi connectivity index (χ1) is 14.7. The molecule has 10 heteroatoms. The van der Waals surface area contributed by atoms with E-state index in [4.69, 9.17) is 9.31 Å². The van der Waals surface area contributed by atoms with Crippen molar-refractivity contribution < 1.29 is 32.5 Å². The zero-order valence-electron chi connectivity index (χ0n) is 17.9. The fourth-order valence-electron chi connectivity index (χ4n) is 3.82. The van der Waals surface area contributed by atoms with Crippen molar-refractivity contribution in [2.45, 2.75) is 64.5 Å². The Balaban J connectivity index is 1.53. The van der Waals surface area contributed by atoms with E-state index in [-0.39, 0.29) is 36.1 Å². The topological polar surface area (TPSA) is 84.9 Å². The number of hydrogen-bond acceptors (Lipinski definition) is 6. The summed E-state index contributed by atoms with van der Waals surface area (Å²) in [5.41, 5.74) is 0.182. The fraction of sp³-hybridized carbons (Fsp3) is 0.571. The van der Waals surface area contributed by atoms with Crippen LogP contribution in [0, 0.1) is 17.6 Å². The van der Waals surface area contributed by atoms with Gasteiger partial charge in [-0.25, -0.2) is 8.78 Å². The lowest BCUT2D eigenvalue weighted by atomic mass is 9.74. The SMILES string of the molecule is CC(C)C[C@H](NC(=O)CCC(=O)[C@@H]1CCN1c1ccc(F)cc1F)B1OC(=O)[C@H](C)O1. The number of anilines is 1. The second-order valence-electron chi connectivity index (χ2n) is 8.45. The highest BCUT2D eigenvalue weighted by Gasteiger charge is 2.44. The van der Waals surface area contributed by atoms with Gasteiger partial charge in [-0.3, -0.25) is 14.4 Å². The summed E-state index contributed by atoms with van der Waals surface area (Å²) in [7, 11) is -0.854. The molecular weight excluding hydrogens is 409 g/mol. The molecule has 3 rings (SSSR count). The normalized spacial score (nSPS) is 21.7. The Hall–Kier alpha value is -2.49. The van der Waals surface area contributed by atoms with Crippen LogP contribution in [0.15, 0.2) is 18.2 Å². The molecule has 0 spiro atoms. The quantitative estimate of drug-likeness (QED) is 0.599. The number of carbonyl (C=O) groups is 3. The molecule has 2 aliphatic rings. The van der Waals surface area contributed by atoms with Crippen LogP contribution >= 0.6 is 0 Å². The van der Waals surface area contributed by atoms with E-state index < -0.39 is 42.8 Å². The minimum atomic E-state index is -0.854. The molecule has 0 aliphatic carbocycles. The highest BCUT2D eigenvalue weighted by Crippen LogP contribution is 2.30. The third-order valence-electron chi connectivity index (χ3n) is 5.51.